The molecule has 1 N–H and O–H groups in total. The molecule has 134 valence electrons. The Labute approximate surface area is 153 Å². The molecule has 0 aliphatic carbocycles. The maximum absolute atomic E-state index is 12.1. The van der Waals surface area contributed by atoms with Crippen molar-refractivity contribution >= 4 is 5.91 Å². The van der Waals surface area contributed by atoms with E-state index in [9.17, 15) is 4.79 Å². The number of aromatic nitrogens is 1. The van der Waals surface area contributed by atoms with Crippen LogP contribution >= 0.6 is 0 Å². The van der Waals surface area contributed by atoms with E-state index in [4.69, 9.17) is 9.15 Å². The molecule has 5 nitrogen and oxygen atoms in total. The van der Waals surface area contributed by atoms with E-state index in [1.807, 2.05) is 68.4 Å². The van der Waals surface area contributed by atoms with Gasteiger partial charge >= 0.3 is 0 Å². The second-order valence-electron chi connectivity index (χ2n) is 6.08. The third-order valence-corrected chi connectivity index (χ3v) is 3.96. The summed E-state index contributed by atoms with van der Waals surface area (Å²) in [4.78, 5) is 16.6. The lowest BCUT2D eigenvalue weighted by atomic mass is 10.2. The third kappa shape index (κ3) is 4.72. The van der Waals surface area contributed by atoms with E-state index in [1.54, 1.807) is 0 Å². The predicted molar refractivity (Wildman–Crippen MR) is 100 cm³/mol. The van der Waals surface area contributed by atoms with Crippen molar-refractivity contribution in [3.63, 3.8) is 0 Å². The van der Waals surface area contributed by atoms with Crippen LogP contribution in [0.3, 0.4) is 0 Å². The first-order chi connectivity index (χ1) is 12.6. The molecule has 0 spiro atoms. The largest absolute Gasteiger partial charge is 0.492 e. The summed E-state index contributed by atoms with van der Waals surface area (Å²) in [5.41, 5.74) is 2.73. The molecule has 5 heteroatoms. The first-order valence-corrected chi connectivity index (χ1v) is 8.60. The normalized spacial score (nSPS) is 10.5. The highest BCUT2D eigenvalue weighted by atomic mass is 16.5. The molecular weight excluding hydrogens is 328 g/mol. The molecule has 0 atom stereocenters. The predicted octanol–water partition coefficient (Wildman–Crippen LogP) is 3.70. The summed E-state index contributed by atoms with van der Waals surface area (Å²) in [7, 11) is 0. The van der Waals surface area contributed by atoms with Crippen LogP contribution in [-0.4, -0.2) is 24.0 Å². The Morgan fingerprint density at radius 3 is 2.54 bits per heavy atom. The van der Waals surface area contributed by atoms with E-state index < -0.39 is 0 Å². The van der Waals surface area contributed by atoms with Gasteiger partial charge in [-0.25, -0.2) is 4.98 Å². The summed E-state index contributed by atoms with van der Waals surface area (Å²) in [5.74, 6) is 1.89. The average Bonchev–Trinajstić information content (AvgIpc) is 3.01. The van der Waals surface area contributed by atoms with Crippen LogP contribution in [0.2, 0.25) is 0 Å². The number of hydrogen-bond acceptors (Lipinski definition) is 4. The topological polar surface area (TPSA) is 64.4 Å². The number of benzene rings is 2. The molecule has 1 heterocycles. The molecule has 3 rings (SSSR count). The zero-order chi connectivity index (χ0) is 18.4. The zero-order valence-electron chi connectivity index (χ0n) is 15.0. The minimum Gasteiger partial charge on any atom is -0.492 e. The van der Waals surface area contributed by atoms with Gasteiger partial charge in [-0.3, -0.25) is 4.79 Å². The fourth-order valence-electron chi connectivity index (χ4n) is 2.50. The van der Waals surface area contributed by atoms with Gasteiger partial charge in [0.15, 0.2) is 0 Å². The van der Waals surface area contributed by atoms with Crippen LogP contribution in [0, 0.1) is 13.8 Å². The van der Waals surface area contributed by atoms with Gasteiger partial charge in [0.05, 0.1) is 18.7 Å². The van der Waals surface area contributed by atoms with E-state index in [2.05, 4.69) is 10.3 Å². The van der Waals surface area contributed by atoms with Gasteiger partial charge in [0.1, 0.15) is 18.1 Å². The summed E-state index contributed by atoms with van der Waals surface area (Å²) in [6.07, 6.45) is 0.187. The zero-order valence-corrected chi connectivity index (χ0v) is 15.0. The van der Waals surface area contributed by atoms with Crippen molar-refractivity contribution in [2.45, 2.75) is 20.3 Å². The number of amides is 1. The Morgan fingerprint density at radius 1 is 1.08 bits per heavy atom. The number of rotatable bonds is 7. The van der Waals surface area contributed by atoms with Gasteiger partial charge in [-0.2, -0.15) is 0 Å². The van der Waals surface area contributed by atoms with Gasteiger partial charge < -0.3 is 14.5 Å². The van der Waals surface area contributed by atoms with E-state index in [0.29, 0.717) is 30.5 Å². The Hall–Kier alpha value is -3.08. The highest BCUT2D eigenvalue weighted by molar-refractivity contribution is 5.78. The van der Waals surface area contributed by atoms with Gasteiger partial charge in [-0.05, 0) is 38.1 Å². The lowest BCUT2D eigenvalue weighted by Gasteiger charge is -2.07. The van der Waals surface area contributed by atoms with Gasteiger partial charge in [-0.1, -0.05) is 35.9 Å². The van der Waals surface area contributed by atoms with Crippen LogP contribution in [0.25, 0.3) is 11.5 Å². The lowest BCUT2D eigenvalue weighted by molar-refractivity contribution is -0.120. The third-order valence-electron chi connectivity index (χ3n) is 3.96. The maximum Gasteiger partial charge on any atom is 0.226 e. The molecule has 3 aromatic rings. The number of ether oxygens (including phenoxy) is 1. The summed E-state index contributed by atoms with van der Waals surface area (Å²) in [6, 6.07) is 17.5. The molecule has 0 aliphatic rings. The Kier molecular flexibility index (Phi) is 5.69. The molecule has 0 bridgehead atoms. The summed E-state index contributed by atoms with van der Waals surface area (Å²) in [5, 5.41) is 2.84. The SMILES string of the molecule is Cc1ccc(OCCNC(=O)Cc2nc(-c3ccccc3)oc2C)cc1. The molecule has 2 aromatic carbocycles. The Bertz CT molecular complexity index is 855. The van der Waals surface area contributed by atoms with Crippen LogP contribution in [0.5, 0.6) is 5.75 Å². The van der Waals surface area contributed by atoms with Crippen LogP contribution in [0.15, 0.2) is 59.0 Å². The van der Waals surface area contributed by atoms with Gasteiger partial charge in [0.2, 0.25) is 11.8 Å². The van der Waals surface area contributed by atoms with Crippen molar-refractivity contribution in [1.29, 1.82) is 0 Å². The number of aryl methyl sites for hydroxylation is 2. The quantitative estimate of drug-likeness (QED) is 0.660. The highest BCUT2D eigenvalue weighted by Crippen LogP contribution is 2.21. The van der Waals surface area contributed by atoms with Gasteiger partial charge in [0.25, 0.3) is 0 Å². The van der Waals surface area contributed by atoms with Crippen LogP contribution in [0.4, 0.5) is 0 Å². The molecule has 0 saturated heterocycles. The average molecular weight is 350 g/mol. The van der Waals surface area contributed by atoms with Gasteiger partial charge in [0, 0.05) is 5.56 Å². The first-order valence-electron chi connectivity index (χ1n) is 8.60. The van der Waals surface area contributed by atoms with Crippen molar-refractivity contribution in [2.75, 3.05) is 13.2 Å². The smallest absolute Gasteiger partial charge is 0.226 e. The summed E-state index contributed by atoms with van der Waals surface area (Å²) >= 11 is 0. The molecular formula is C21H22N2O3. The Balaban J connectivity index is 1.47. The summed E-state index contributed by atoms with van der Waals surface area (Å²) < 4.78 is 11.3. The fourth-order valence-corrected chi connectivity index (χ4v) is 2.50. The molecule has 0 saturated carbocycles. The second-order valence-corrected chi connectivity index (χ2v) is 6.08. The van der Waals surface area contributed by atoms with Crippen LogP contribution in [-0.2, 0) is 11.2 Å². The van der Waals surface area contributed by atoms with E-state index in [-0.39, 0.29) is 12.3 Å². The maximum atomic E-state index is 12.1. The minimum atomic E-state index is -0.103. The molecule has 26 heavy (non-hydrogen) atoms. The number of carbonyl (C=O) groups excluding carboxylic acids is 1. The molecule has 0 unspecified atom stereocenters. The molecule has 0 radical (unpaired) electrons. The lowest BCUT2D eigenvalue weighted by Crippen LogP contribution is -2.29. The summed E-state index contributed by atoms with van der Waals surface area (Å²) in [6.45, 7) is 4.71. The van der Waals surface area contributed by atoms with E-state index >= 15 is 0 Å². The van der Waals surface area contributed by atoms with Crippen molar-refractivity contribution in [1.82, 2.24) is 10.3 Å². The number of nitrogens with zero attached hydrogens (tertiary/aromatic N) is 1. The Morgan fingerprint density at radius 2 is 1.81 bits per heavy atom. The molecule has 0 fully saturated rings. The number of nitrogens with one attached hydrogen (secondary N) is 1. The van der Waals surface area contributed by atoms with Crippen LogP contribution in [0.1, 0.15) is 17.0 Å². The van der Waals surface area contributed by atoms with Crippen molar-refractivity contribution in [3.05, 3.63) is 71.6 Å². The fraction of sp³-hybridized carbons (Fsp3) is 0.238. The van der Waals surface area contributed by atoms with E-state index in [0.717, 1.165) is 11.3 Å². The minimum absolute atomic E-state index is 0.103. The van der Waals surface area contributed by atoms with Crippen molar-refractivity contribution in [2.24, 2.45) is 0 Å². The molecule has 0 aliphatic heterocycles. The second kappa shape index (κ2) is 8.34. The van der Waals surface area contributed by atoms with Crippen molar-refractivity contribution < 1.29 is 13.9 Å². The number of hydrogen-bond donors (Lipinski definition) is 1. The molecule has 1 aromatic heterocycles. The number of carbonyl (C=O) groups is 1. The first kappa shape index (κ1) is 17.7. The number of oxazole rings is 1. The monoisotopic (exact) mass is 350 g/mol. The van der Waals surface area contributed by atoms with Crippen molar-refractivity contribution in [3.8, 4) is 17.2 Å². The van der Waals surface area contributed by atoms with Crippen LogP contribution < -0.4 is 10.1 Å². The highest BCUT2D eigenvalue weighted by Gasteiger charge is 2.14. The standard InChI is InChI=1S/C21H22N2O3/c1-15-8-10-18(11-9-15)25-13-12-22-20(24)14-19-16(2)26-21(23-19)17-6-4-3-5-7-17/h3-11H,12-14H2,1-2H3,(H,22,24). The molecule has 1 amide bonds. The van der Waals surface area contributed by atoms with E-state index in [1.165, 1.54) is 5.56 Å². The van der Waals surface area contributed by atoms with Gasteiger partial charge in [-0.15, -0.1) is 0 Å².